The Labute approximate surface area is 145 Å². The van der Waals surface area contributed by atoms with Gasteiger partial charge in [0.25, 0.3) is 18.8 Å². The fourth-order valence-corrected chi connectivity index (χ4v) is 2.44. The van der Waals surface area contributed by atoms with Gasteiger partial charge in [0.15, 0.2) is 5.76 Å². The second-order valence-electron chi connectivity index (χ2n) is 5.22. The molecule has 2 aromatic rings. The van der Waals surface area contributed by atoms with Crippen LogP contribution in [0.2, 0.25) is 5.02 Å². The van der Waals surface area contributed by atoms with Gasteiger partial charge in [-0.25, -0.2) is 17.6 Å². The van der Waals surface area contributed by atoms with E-state index in [-0.39, 0.29) is 18.1 Å². The van der Waals surface area contributed by atoms with Crippen LogP contribution in [0, 0.1) is 0 Å². The molecule has 0 fully saturated rings. The molecule has 0 radical (unpaired) electrons. The van der Waals surface area contributed by atoms with Crippen molar-refractivity contribution in [1.29, 1.82) is 0 Å². The van der Waals surface area contributed by atoms with Crippen LogP contribution in [0.3, 0.4) is 0 Å². The number of aromatic nitrogens is 2. The van der Waals surface area contributed by atoms with Gasteiger partial charge in [-0.2, -0.15) is 5.10 Å². The van der Waals surface area contributed by atoms with E-state index in [1.807, 2.05) is 6.92 Å². The predicted molar refractivity (Wildman–Crippen MR) is 82.2 cm³/mol. The molecule has 2 rings (SSSR count). The Balaban J connectivity index is 2.18. The van der Waals surface area contributed by atoms with Crippen molar-refractivity contribution in [3.8, 4) is 0 Å². The molecule has 10 heteroatoms. The summed E-state index contributed by atoms with van der Waals surface area (Å²) in [6, 6.07) is 2.76. The number of halogens is 5. The zero-order valence-corrected chi connectivity index (χ0v) is 14.0. The summed E-state index contributed by atoms with van der Waals surface area (Å²) >= 11 is 5.57. The number of hydrogen-bond acceptors (Lipinski definition) is 3. The van der Waals surface area contributed by atoms with Crippen LogP contribution in [-0.2, 0) is 6.54 Å². The molecule has 0 unspecified atom stereocenters. The van der Waals surface area contributed by atoms with Gasteiger partial charge in [-0.05, 0) is 18.6 Å². The maximum Gasteiger partial charge on any atom is 0.286 e. The summed E-state index contributed by atoms with van der Waals surface area (Å²) in [7, 11) is 0. The highest BCUT2D eigenvalue weighted by atomic mass is 35.5. The molecule has 1 N–H and O–H groups in total. The van der Waals surface area contributed by atoms with Gasteiger partial charge in [-0.15, -0.1) is 0 Å². The summed E-state index contributed by atoms with van der Waals surface area (Å²) in [6.07, 6.45) is -4.45. The number of furan rings is 1. The number of amides is 1. The van der Waals surface area contributed by atoms with E-state index < -0.39 is 35.2 Å². The second kappa shape index (κ2) is 8.37. The topological polar surface area (TPSA) is 60.1 Å². The summed E-state index contributed by atoms with van der Waals surface area (Å²) in [5.41, 5.74) is -1.73. The number of carbonyl (C=O) groups excluding carboxylic acids is 1. The maximum absolute atomic E-state index is 13.1. The van der Waals surface area contributed by atoms with Gasteiger partial charge in [0, 0.05) is 6.54 Å². The van der Waals surface area contributed by atoms with Gasteiger partial charge >= 0.3 is 0 Å². The number of alkyl halides is 4. The van der Waals surface area contributed by atoms with Crippen molar-refractivity contribution in [2.24, 2.45) is 0 Å². The summed E-state index contributed by atoms with van der Waals surface area (Å²) in [6.45, 7) is 2.10. The minimum absolute atomic E-state index is 0.00274. The normalized spacial score (nSPS) is 11.5. The largest absolute Gasteiger partial charge is 0.454 e. The smallest absolute Gasteiger partial charge is 0.286 e. The number of unbranched alkanes of at least 4 members (excludes halogenated alkanes) is 1. The molecular formula is C15H16ClF4N3O2. The number of carbonyl (C=O) groups is 1. The molecule has 0 atom stereocenters. The zero-order valence-electron chi connectivity index (χ0n) is 13.2. The highest BCUT2D eigenvalue weighted by molar-refractivity contribution is 6.32. The molecular weight excluding hydrogens is 366 g/mol. The molecule has 0 aliphatic carbocycles. The first-order valence-corrected chi connectivity index (χ1v) is 7.92. The average molecular weight is 382 g/mol. The molecule has 0 saturated carbocycles. The first-order chi connectivity index (χ1) is 11.8. The average Bonchev–Trinajstić information content (AvgIpc) is 3.12. The minimum Gasteiger partial charge on any atom is -0.454 e. The molecule has 138 valence electrons. The number of rotatable bonds is 8. The molecule has 0 aliphatic heterocycles. The Morgan fingerprint density at radius 2 is 2.04 bits per heavy atom. The van der Waals surface area contributed by atoms with E-state index in [0.29, 0.717) is 11.2 Å². The van der Waals surface area contributed by atoms with Crippen molar-refractivity contribution in [3.63, 3.8) is 0 Å². The van der Waals surface area contributed by atoms with Crippen LogP contribution in [0.1, 0.15) is 60.3 Å². The third-order valence-corrected chi connectivity index (χ3v) is 3.76. The zero-order chi connectivity index (χ0) is 18.6. The summed E-state index contributed by atoms with van der Waals surface area (Å²) in [4.78, 5) is 11.8. The first kappa shape index (κ1) is 19.3. The van der Waals surface area contributed by atoms with E-state index >= 15 is 0 Å². The molecule has 0 saturated heterocycles. The van der Waals surface area contributed by atoms with Crippen molar-refractivity contribution < 1.29 is 26.8 Å². The lowest BCUT2D eigenvalue weighted by Gasteiger charge is -2.05. The van der Waals surface area contributed by atoms with E-state index in [9.17, 15) is 22.4 Å². The van der Waals surface area contributed by atoms with Crippen molar-refractivity contribution in [2.45, 2.75) is 39.2 Å². The van der Waals surface area contributed by atoms with Crippen LogP contribution in [0.15, 0.2) is 16.5 Å². The summed E-state index contributed by atoms with van der Waals surface area (Å²) in [5.74, 6) is -0.333. The SMILES string of the molecule is CCCCNC(=O)c1ccc(Cn2nc(C(F)F)c(Cl)c2C(F)F)o1. The van der Waals surface area contributed by atoms with Crippen LogP contribution in [0.5, 0.6) is 0 Å². The van der Waals surface area contributed by atoms with E-state index in [2.05, 4.69) is 10.4 Å². The lowest BCUT2D eigenvalue weighted by Crippen LogP contribution is -2.23. The monoisotopic (exact) mass is 381 g/mol. The fraction of sp³-hybridized carbons (Fsp3) is 0.467. The highest BCUT2D eigenvalue weighted by Gasteiger charge is 2.28. The third-order valence-electron chi connectivity index (χ3n) is 3.38. The van der Waals surface area contributed by atoms with Gasteiger partial charge in [0.05, 0.1) is 11.6 Å². The Morgan fingerprint density at radius 3 is 2.64 bits per heavy atom. The molecule has 5 nitrogen and oxygen atoms in total. The Hall–Kier alpha value is -2.03. The van der Waals surface area contributed by atoms with E-state index in [0.717, 1.165) is 12.8 Å². The van der Waals surface area contributed by atoms with Crippen LogP contribution < -0.4 is 5.32 Å². The van der Waals surface area contributed by atoms with E-state index in [1.54, 1.807) is 0 Å². The lowest BCUT2D eigenvalue weighted by molar-refractivity contribution is 0.0922. The van der Waals surface area contributed by atoms with Crippen LogP contribution in [0.25, 0.3) is 0 Å². The van der Waals surface area contributed by atoms with Crippen LogP contribution in [-0.4, -0.2) is 22.2 Å². The number of hydrogen-bond donors (Lipinski definition) is 1. The fourth-order valence-electron chi connectivity index (χ4n) is 2.14. The molecule has 2 aromatic heterocycles. The standard InChI is InChI=1S/C15H16ClF4N3O2/c1-2-3-6-21-15(24)9-5-4-8(25-9)7-23-12(14(19)20)10(16)11(22-23)13(17)18/h4-5,13-14H,2-3,6-7H2,1H3,(H,21,24). The number of nitrogens with one attached hydrogen (secondary N) is 1. The van der Waals surface area contributed by atoms with Gasteiger partial charge in [0.2, 0.25) is 0 Å². The Bertz CT molecular complexity index is 730. The second-order valence-corrected chi connectivity index (χ2v) is 5.60. The summed E-state index contributed by atoms with van der Waals surface area (Å²) < 4.78 is 57.7. The molecule has 0 bridgehead atoms. The van der Waals surface area contributed by atoms with Gasteiger partial charge < -0.3 is 9.73 Å². The minimum atomic E-state index is -3.08. The van der Waals surface area contributed by atoms with Gasteiger partial charge in [0.1, 0.15) is 17.1 Å². The van der Waals surface area contributed by atoms with Crippen LogP contribution >= 0.6 is 11.6 Å². The maximum atomic E-state index is 13.1. The predicted octanol–water partition coefficient (Wildman–Crippen LogP) is 4.58. The molecule has 2 heterocycles. The van der Waals surface area contributed by atoms with Crippen molar-refractivity contribution in [1.82, 2.24) is 15.1 Å². The first-order valence-electron chi connectivity index (χ1n) is 7.54. The molecule has 0 spiro atoms. The van der Waals surface area contributed by atoms with E-state index in [1.165, 1.54) is 12.1 Å². The quantitative estimate of drug-likeness (QED) is 0.537. The number of nitrogens with zero attached hydrogens (tertiary/aromatic N) is 2. The Kier molecular flexibility index (Phi) is 6.46. The Morgan fingerprint density at radius 1 is 1.32 bits per heavy atom. The van der Waals surface area contributed by atoms with Crippen molar-refractivity contribution in [3.05, 3.63) is 40.1 Å². The van der Waals surface area contributed by atoms with E-state index in [4.69, 9.17) is 16.0 Å². The lowest BCUT2D eigenvalue weighted by atomic mass is 10.3. The summed E-state index contributed by atoms with van der Waals surface area (Å²) in [5, 5.41) is 5.30. The van der Waals surface area contributed by atoms with Gasteiger partial charge in [-0.1, -0.05) is 24.9 Å². The van der Waals surface area contributed by atoms with Crippen LogP contribution in [0.4, 0.5) is 17.6 Å². The molecule has 0 aliphatic rings. The molecule has 0 aromatic carbocycles. The third kappa shape index (κ3) is 4.53. The van der Waals surface area contributed by atoms with Gasteiger partial charge in [-0.3, -0.25) is 9.48 Å². The highest BCUT2D eigenvalue weighted by Crippen LogP contribution is 2.34. The molecule has 1 amide bonds. The van der Waals surface area contributed by atoms with Crippen molar-refractivity contribution >= 4 is 17.5 Å². The molecule has 25 heavy (non-hydrogen) atoms. The van der Waals surface area contributed by atoms with Crippen molar-refractivity contribution in [2.75, 3.05) is 6.54 Å².